The van der Waals surface area contributed by atoms with E-state index in [0.29, 0.717) is 37.4 Å². The van der Waals surface area contributed by atoms with Crippen molar-refractivity contribution in [1.29, 1.82) is 0 Å². The van der Waals surface area contributed by atoms with Crippen molar-refractivity contribution in [3.63, 3.8) is 0 Å². The van der Waals surface area contributed by atoms with Crippen LogP contribution >= 0.6 is 23.5 Å². The van der Waals surface area contributed by atoms with Crippen molar-refractivity contribution in [3.05, 3.63) is 71.3 Å². The lowest BCUT2D eigenvalue weighted by Gasteiger charge is -2.28. The number of aliphatic hydroxyl groups is 2. The Bertz CT molecular complexity index is 1560. The van der Waals surface area contributed by atoms with Gasteiger partial charge in [-0.05, 0) is 115 Å². The van der Waals surface area contributed by atoms with Gasteiger partial charge < -0.3 is 35.3 Å². The van der Waals surface area contributed by atoms with E-state index < -0.39 is 40.1 Å². The summed E-state index contributed by atoms with van der Waals surface area (Å²) in [4.78, 5) is 50.3. The van der Waals surface area contributed by atoms with Crippen molar-refractivity contribution in [2.75, 3.05) is 51.0 Å². The molecule has 0 aromatic heterocycles. The van der Waals surface area contributed by atoms with Crippen LogP contribution in [-0.4, -0.2) is 122 Å². The second kappa shape index (κ2) is 26.0. The minimum absolute atomic E-state index is 0.0541. The van der Waals surface area contributed by atoms with Crippen molar-refractivity contribution in [1.82, 2.24) is 9.80 Å². The van der Waals surface area contributed by atoms with Crippen LogP contribution in [0.15, 0.2) is 48.5 Å². The van der Waals surface area contributed by atoms with Crippen LogP contribution in [0, 0.1) is 11.6 Å². The quantitative estimate of drug-likeness (QED) is 0.186. The van der Waals surface area contributed by atoms with Crippen molar-refractivity contribution < 1.29 is 57.5 Å². The number of carboxylic acids is 1. The summed E-state index contributed by atoms with van der Waals surface area (Å²) < 4.78 is 41.2. The maximum Gasteiger partial charge on any atom is 0.411 e. The maximum absolute atomic E-state index is 13.1. The van der Waals surface area contributed by atoms with Crippen molar-refractivity contribution >= 4 is 47.5 Å². The molecule has 0 unspecified atom stereocenters. The average Bonchev–Trinajstić information content (AvgIpc) is 3.88. The molecule has 59 heavy (non-hydrogen) atoms. The number of carbonyl (C=O) groups is 4. The number of benzene rings is 2. The molecular weight excluding hydrogens is 809 g/mol. The van der Waals surface area contributed by atoms with Gasteiger partial charge in [0, 0.05) is 63.5 Å². The molecule has 3 saturated heterocycles. The molecule has 13 nitrogen and oxygen atoms in total. The molecule has 3 aliphatic heterocycles. The van der Waals surface area contributed by atoms with Gasteiger partial charge in [-0.3, -0.25) is 14.6 Å². The highest BCUT2D eigenvalue weighted by atomic mass is 32.2. The second-order valence-electron chi connectivity index (χ2n) is 15.9. The van der Waals surface area contributed by atoms with E-state index in [-0.39, 0.29) is 49.0 Å². The third kappa shape index (κ3) is 20.1. The second-order valence-corrected chi connectivity index (χ2v) is 18.3. The fourth-order valence-electron chi connectivity index (χ4n) is 5.75. The lowest BCUT2D eigenvalue weighted by atomic mass is 9.91. The number of aliphatic carboxylic acids is 1. The summed E-state index contributed by atoms with van der Waals surface area (Å²) in [6, 6.07) is 11.8. The lowest BCUT2D eigenvalue weighted by Crippen LogP contribution is -2.42. The molecule has 0 bridgehead atoms. The topological polar surface area (TPSA) is 189 Å². The van der Waals surface area contributed by atoms with E-state index in [9.17, 15) is 33.1 Å². The minimum Gasteiger partial charge on any atom is -0.479 e. The van der Waals surface area contributed by atoms with Gasteiger partial charge >= 0.3 is 18.2 Å². The van der Waals surface area contributed by atoms with Gasteiger partial charge in [-0.2, -0.15) is 0 Å². The zero-order valence-corrected chi connectivity index (χ0v) is 36.7. The number of hydrogen-bond acceptors (Lipinski definition) is 12. The van der Waals surface area contributed by atoms with Gasteiger partial charge in [0.1, 0.15) is 28.2 Å². The first-order chi connectivity index (χ1) is 27.8. The smallest absolute Gasteiger partial charge is 0.411 e. The van der Waals surface area contributed by atoms with Crippen molar-refractivity contribution in [2.24, 2.45) is 5.73 Å². The number of aliphatic hydroxyl groups excluding tert-OH is 2. The number of hydrogen-bond donors (Lipinski definition) is 4. The van der Waals surface area contributed by atoms with E-state index in [1.54, 1.807) is 65.8 Å². The third-order valence-electron chi connectivity index (χ3n) is 8.61. The Labute approximate surface area is 355 Å². The molecule has 2 amide bonds. The monoisotopic (exact) mass is 871 g/mol. The fourth-order valence-corrected chi connectivity index (χ4v) is 7.97. The number of halogens is 2. The summed E-state index contributed by atoms with van der Waals surface area (Å²) in [6.45, 7) is 13.5. The molecular formula is C42H63F2N3O10S2. The summed E-state index contributed by atoms with van der Waals surface area (Å²) >= 11 is 2.66. The van der Waals surface area contributed by atoms with Gasteiger partial charge in [0.15, 0.2) is 11.2 Å². The molecule has 5 rings (SSSR count). The van der Waals surface area contributed by atoms with Gasteiger partial charge in [0.05, 0.1) is 0 Å². The molecule has 17 heteroatoms. The fraction of sp³-hybridized carbons (Fsp3) is 0.619. The number of ether oxygens (including phenoxy) is 3. The number of Topliss-reactive ketones (excluding diaryl/α,β-unsaturated/α-hetero) is 1. The van der Waals surface area contributed by atoms with Crippen LogP contribution in [-0.2, 0) is 23.8 Å². The van der Waals surface area contributed by atoms with E-state index in [1.807, 2.05) is 0 Å². The zero-order valence-electron chi connectivity index (χ0n) is 35.1. The van der Waals surface area contributed by atoms with Crippen molar-refractivity contribution in [2.45, 2.75) is 114 Å². The van der Waals surface area contributed by atoms with Crippen molar-refractivity contribution in [3.8, 4) is 0 Å². The highest BCUT2D eigenvalue weighted by molar-refractivity contribution is 8.01. The highest BCUT2D eigenvalue weighted by Gasteiger charge is 2.38. The standard InChI is InChI=1S/C19H26FNO4S.C9H12FNO.C9H15NO4S.C5H10O/c1-19(2,3)25-18(24)21-9-11-26-17(21)16(23)12-14(8-10-22)13-4-6-15(20)7-5-13;10-8-3-1-7(2-4-8)9(11)5-6-12;1-9(2,3)14-8(13)10-4-5-15-6(10)7(11)12;1-2-4-6-5-3-1/h4-7,14,17,22H,8-12H2,1-3H3;1-4,9,12H,5-6,11H2;6H,4-5H2,1-3H3,(H,11,12);1-5H2/t14-,17+;9-;6-;/m100./s1. The number of nitrogens with two attached hydrogens (primary N) is 1. The first kappa shape index (κ1) is 51.7. The largest absolute Gasteiger partial charge is 0.479 e. The molecule has 3 fully saturated rings. The van der Waals surface area contributed by atoms with Crippen LogP contribution in [0.5, 0.6) is 0 Å². The van der Waals surface area contributed by atoms with Crippen LogP contribution in [0.4, 0.5) is 18.4 Å². The Morgan fingerprint density at radius 1 is 0.746 bits per heavy atom. The summed E-state index contributed by atoms with van der Waals surface area (Å²) in [5.41, 5.74) is 6.12. The van der Waals surface area contributed by atoms with Gasteiger partial charge in [-0.15, -0.1) is 23.5 Å². The molecule has 3 heterocycles. The lowest BCUT2D eigenvalue weighted by molar-refractivity contribution is -0.139. The number of carboxylic acid groups (broad SMARTS) is 1. The first-order valence-corrected chi connectivity index (χ1v) is 21.9. The van der Waals surface area contributed by atoms with Crippen LogP contribution in [0.1, 0.15) is 103 Å². The van der Waals surface area contributed by atoms with Gasteiger partial charge in [0.2, 0.25) is 0 Å². The van der Waals surface area contributed by atoms with Gasteiger partial charge in [0.25, 0.3) is 0 Å². The first-order valence-electron chi connectivity index (χ1n) is 19.8. The molecule has 2 aromatic carbocycles. The highest BCUT2D eigenvalue weighted by Crippen LogP contribution is 2.32. The average molecular weight is 872 g/mol. The van der Waals surface area contributed by atoms with Gasteiger partial charge in [-0.1, -0.05) is 24.3 Å². The predicted octanol–water partition coefficient (Wildman–Crippen LogP) is 7.34. The molecule has 5 N–H and O–H groups in total. The normalized spacial score (nSPS) is 18.8. The number of carbonyl (C=O) groups excluding carboxylic acids is 3. The Morgan fingerprint density at radius 3 is 1.58 bits per heavy atom. The number of rotatable bonds is 10. The number of amides is 2. The number of nitrogens with zero attached hydrogens (tertiary/aromatic N) is 2. The van der Waals surface area contributed by atoms with E-state index in [4.69, 9.17) is 30.2 Å². The number of thioether (sulfide) groups is 2. The van der Waals surface area contributed by atoms with E-state index >= 15 is 0 Å². The zero-order chi connectivity index (χ0) is 44.2. The van der Waals surface area contributed by atoms with E-state index in [1.165, 1.54) is 76.9 Å². The molecule has 0 saturated carbocycles. The third-order valence-corrected chi connectivity index (χ3v) is 11.0. The molecule has 0 aliphatic carbocycles. The summed E-state index contributed by atoms with van der Waals surface area (Å²) in [5, 5.41) is 25.4. The van der Waals surface area contributed by atoms with E-state index in [0.717, 1.165) is 24.3 Å². The van der Waals surface area contributed by atoms with Crippen LogP contribution in [0.25, 0.3) is 0 Å². The van der Waals surface area contributed by atoms with Crippen LogP contribution in [0.2, 0.25) is 0 Å². The summed E-state index contributed by atoms with van der Waals surface area (Å²) in [7, 11) is 0. The molecule has 3 aliphatic rings. The SMILES string of the molecule is C1CCOCC1.CC(C)(C)OC(=O)N1CCS[C@H]1C(=O)C[C@@H](CCO)c1ccc(F)cc1.CC(C)(C)OC(=O)N1CCS[C@H]1C(=O)O.N[C@@H](CCO)c1ccc(F)cc1. The van der Waals surface area contributed by atoms with Gasteiger partial charge in [-0.25, -0.2) is 23.2 Å². The Hall–Kier alpha value is -3.48. The summed E-state index contributed by atoms with van der Waals surface area (Å²) in [5.74, 6) is -0.591. The molecule has 0 radical (unpaired) electrons. The predicted molar refractivity (Wildman–Crippen MR) is 226 cm³/mol. The Kier molecular flexibility index (Phi) is 22.8. The molecule has 0 spiro atoms. The number of ketones is 1. The Morgan fingerprint density at radius 2 is 1.19 bits per heavy atom. The maximum atomic E-state index is 13.1. The summed E-state index contributed by atoms with van der Waals surface area (Å²) in [6.07, 6.45) is 3.98. The van der Waals surface area contributed by atoms with E-state index in [2.05, 4.69) is 0 Å². The van der Waals surface area contributed by atoms with Crippen LogP contribution < -0.4 is 5.73 Å². The van der Waals surface area contributed by atoms with Crippen LogP contribution in [0.3, 0.4) is 0 Å². The minimum atomic E-state index is -0.997. The molecule has 4 atom stereocenters. The molecule has 2 aromatic rings. The molecule has 332 valence electrons. The Balaban J connectivity index is 0.000000306.